The number of nitrogens with one attached hydrogen (secondary N) is 1. The van der Waals surface area contributed by atoms with Crippen LogP contribution in [0.2, 0.25) is 0 Å². The summed E-state index contributed by atoms with van der Waals surface area (Å²) in [7, 11) is 0. The standard InChI is InChI=1S/C15H19FN2OS/c1-3-15-18-13(10-20-15)9-19-14-6-5-12(16)7-11(14)8-17-4-2/h5-7,10,17H,3-4,8-9H2,1-2H3. The normalized spacial score (nSPS) is 10.8. The summed E-state index contributed by atoms with van der Waals surface area (Å²) in [6, 6.07) is 4.61. The predicted molar refractivity (Wildman–Crippen MR) is 79.6 cm³/mol. The molecular weight excluding hydrogens is 275 g/mol. The Kier molecular flexibility index (Phi) is 5.49. The van der Waals surface area contributed by atoms with Crippen LogP contribution in [0.25, 0.3) is 0 Å². The van der Waals surface area contributed by atoms with E-state index in [9.17, 15) is 4.39 Å². The average Bonchev–Trinajstić information content (AvgIpc) is 2.92. The van der Waals surface area contributed by atoms with E-state index >= 15 is 0 Å². The van der Waals surface area contributed by atoms with Gasteiger partial charge in [-0.15, -0.1) is 11.3 Å². The van der Waals surface area contributed by atoms with Gasteiger partial charge < -0.3 is 10.1 Å². The molecule has 0 saturated heterocycles. The minimum absolute atomic E-state index is 0.243. The van der Waals surface area contributed by atoms with E-state index in [0.29, 0.717) is 18.9 Å². The fraction of sp³-hybridized carbons (Fsp3) is 0.400. The Morgan fingerprint density at radius 1 is 1.35 bits per heavy atom. The van der Waals surface area contributed by atoms with E-state index in [1.807, 2.05) is 12.3 Å². The minimum atomic E-state index is -0.243. The fourth-order valence-corrected chi connectivity index (χ4v) is 2.55. The Hall–Kier alpha value is -1.46. The highest BCUT2D eigenvalue weighted by Crippen LogP contribution is 2.21. The highest BCUT2D eigenvalue weighted by Gasteiger charge is 2.07. The molecule has 0 spiro atoms. The second-order valence-corrected chi connectivity index (χ2v) is 5.35. The lowest BCUT2D eigenvalue weighted by Crippen LogP contribution is -2.13. The van der Waals surface area contributed by atoms with E-state index in [-0.39, 0.29) is 5.82 Å². The van der Waals surface area contributed by atoms with Crippen LogP contribution in [0.1, 0.15) is 30.1 Å². The van der Waals surface area contributed by atoms with Crippen molar-refractivity contribution < 1.29 is 9.13 Å². The quantitative estimate of drug-likeness (QED) is 0.848. The van der Waals surface area contributed by atoms with Gasteiger partial charge in [0.05, 0.1) is 10.7 Å². The molecule has 0 radical (unpaired) electrons. The highest BCUT2D eigenvalue weighted by molar-refractivity contribution is 7.09. The summed E-state index contributed by atoms with van der Waals surface area (Å²) in [5, 5.41) is 6.30. The molecule has 0 unspecified atom stereocenters. The first-order chi connectivity index (χ1) is 9.72. The summed E-state index contributed by atoms with van der Waals surface area (Å²) >= 11 is 1.64. The van der Waals surface area contributed by atoms with Crippen LogP contribution in [0.4, 0.5) is 4.39 Å². The first-order valence-electron chi connectivity index (χ1n) is 6.78. The van der Waals surface area contributed by atoms with Crippen molar-refractivity contribution in [2.24, 2.45) is 0 Å². The van der Waals surface area contributed by atoms with Gasteiger partial charge in [0.2, 0.25) is 0 Å². The van der Waals surface area contributed by atoms with Crippen LogP contribution in [-0.2, 0) is 19.6 Å². The Morgan fingerprint density at radius 2 is 2.20 bits per heavy atom. The second kappa shape index (κ2) is 7.36. The van der Waals surface area contributed by atoms with Crippen molar-refractivity contribution in [1.82, 2.24) is 10.3 Å². The van der Waals surface area contributed by atoms with Crippen LogP contribution < -0.4 is 10.1 Å². The van der Waals surface area contributed by atoms with E-state index in [0.717, 1.165) is 29.2 Å². The van der Waals surface area contributed by atoms with Crippen molar-refractivity contribution in [1.29, 1.82) is 0 Å². The first-order valence-corrected chi connectivity index (χ1v) is 7.66. The van der Waals surface area contributed by atoms with E-state index in [1.54, 1.807) is 17.4 Å². The molecule has 5 heteroatoms. The van der Waals surface area contributed by atoms with Gasteiger partial charge in [0.1, 0.15) is 18.2 Å². The Labute approximate surface area is 122 Å². The predicted octanol–water partition coefficient (Wildman–Crippen LogP) is 3.53. The molecule has 0 aliphatic carbocycles. The lowest BCUT2D eigenvalue weighted by atomic mass is 10.2. The third-order valence-corrected chi connectivity index (χ3v) is 3.91. The van der Waals surface area contributed by atoms with E-state index in [1.165, 1.54) is 12.1 Å². The number of aromatic nitrogens is 1. The Bertz CT molecular complexity index is 557. The topological polar surface area (TPSA) is 34.1 Å². The van der Waals surface area contributed by atoms with Crippen LogP contribution in [0.15, 0.2) is 23.6 Å². The van der Waals surface area contributed by atoms with Gasteiger partial charge in [-0.1, -0.05) is 13.8 Å². The van der Waals surface area contributed by atoms with Crippen LogP contribution in [-0.4, -0.2) is 11.5 Å². The van der Waals surface area contributed by atoms with Crippen LogP contribution in [0.5, 0.6) is 5.75 Å². The summed E-state index contributed by atoms with van der Waals surface area (Å²) in [5.41, 5.74) is 1.75. The molecule has 2 aromatic rings. The van der Waals surface area contributed by atoms with Crippen LogP contribution in [0, 0.1) is 5.82 Å². The zero-order valence-corrected chi connectivity index (χ0v) is 12.6. The van der Waals surface area contributed by atoms with Crippen molar-refractivity contribution >= 4 is 11.3 Å². The average molecular weight is 294 g/mol. The molecule has 1 aromatic carbocycles. The lowest BCUT2D eigenvalue weighted by Gasteiger charge is -2.11. The first kappa shape index (κ1) is 14.9. The Balaban J connectivity index is 2.04. The number of thiazole rings is 1. The lowest BCUT2D eigenvalue weighted by molar-refractivity contribution is 0.297. The second-order valence-electron chi connectivity index (χ2n) is 4.41. The molecule has 0 fully saturated rings. The van der Waals surface area contributed by atoms with Crippen LogP contribution >= 0.6 is 11.3 Å². The number of benzene rings is 1. The molecule has 0 bridgehead atoms. The smallest absolute Gasteiger partial charge is 0.131 e. The van der Waals surface area contributed by atoms with Gasteiger partial charge in [0.25, 0.3) is 0 Å². The maximum atomic E-state index is 13.3. The van der Waals surface area contributed by atoms with Gasteiger partial charge in [0, 0.05) is 17.5 Å². The van der Waals surface area contributed by atoms with Gasteiger partial charge in [-0.2, -0.15) is 0 Å². The molecule has 0 aliphatic heterocycles. The van der Waals surface area contributed by atoms with E-state index in [2.05, 4.69) is 17.2 Å². The van der Waals surface area contributed by atoms with Crippen molar-refractivity contribution in [2.45, 2.75) is 33.4 Å². The molecule has 0 saturated carbocycles. The van der Waals surface area contributed by atoms with Crippen molar-refractivity contribution in [3.63, 3.8) is 0 Å². The number of nitrogens with zero attached hydrogens (tertiary/aromatic N) is 1. The maximum absolute atomic E-state index is 13.3. The molecule has 0 aliphatic rings. The Morgan fingerprint density at radius 3 is 2.90 bits per heavy atom. The third kappa shape index (κ3) is 4.02. The molecule has 2 rings (SSSR count). The molecule has 1 heterocycles. The van der Waals surface area contributed by atoms with Gasteiger partial charge >= 0.3 is 0 Å². The van der Waals surface area contributed by atoms with Gasteiger partial charge in [-0.3, -0.25) is 0 Å². The largest absolute Gasteiger partial charge is 0.487 e. The van der Waals surface area contributed by atoms with Crippen molar-refractivity contribution in [3.8, 4) is 5.75 Å². The molecule has 0 amide bonds. The molecule has 108 valence electrons. The van der Waals surface area contributed by atoms with Crippen LogP contribution in [0.3, 0.4) is 0 Å². The van der Waals surface area contributed by atoms with Gasteiger partial charge in [0.15, 0.2) is 0 Å². The fourth-order valence-electron chi connectivity index (χ4n) is 1.82. The maximum Gasteiger partial charge on any atom is 0.131 e. The molecule has 0 atom stereocenters. The molecular formula is C15H19FN2OS. The summed E-state index contributed by atoms with van der Waals surface area (Å²) < 4.78 is 19.1. The zero-order chi connectivity index (χ0) is 14.4. The minimum Gasteiger partial charge on any atom is -0.487 e. The van der Waals surface area contributed by atoms with E-state index < -0.39 is 0 Å². The summed E-state index contributed by atoms with van der Waals surface area (Å²) in [5.74, 6) is 0.463. The van der Waals surface area contributed by atoms with Gasteiger partial charge in [-0.05, 0) is 31.2 Å². The number of halogens is 1. The number of aryl methyl sites for hydroxylation is 1. The number of hydrogen-bond acceptors (Lipinski definition) is 4. The number of rotatable bonds is 7. The SMILES string of the molecule is CCNCc1cc(F)ccc1OCc1csc(CC)n1. The molecule has 1 N–H and O–H groups in total. The van der Waals surface area contributed by atoms with Gasteiger partial charge in [-0.25, -0.2) is 9.37 Å². The molecule has 20 heavy (non-hydrogen) atoms. The summed E-state index contributed by atoms with van der Waals surface area (Å²) in [6.45, 7) is 5.95. The summed E-state index contributed by atoms with van der Waals surface area (Å²) in [6.07, 6.45) is 0.937. The third-order valence-electron chi connectivity index (χ3n) is 2.87. The van der Waals surface area contributed by atoms with Crippen molar-refractivity contribution in [2.75, 3.05) is 6.54 Å². The zero-order valence-electron chi connectivity index (χ0n) is 11.8. The highest BCUT2D eigenvalue weighted by atomic mass is 32.1. The van der Waals surface area contributed by atoms with E-state index in [4.69, 9.17) is 4.74 Å². The molecule has 3 nitrogen and oxygen atoms in total. The van der Waals surface area contributed by atoms with Crippen molar-refractivity contribution in [3.05, 3.63) is 45.7 Å². The number of ether oxygens (including phenoxy) is 1. The monoisotopic (exact) mass is 294 g/mol. The summed E-state index contributed by atoms with van der Waals surface area (Å²) in [4.78, 5) is 4.46. The molecule has 1 aromatic heterocycles. The number of hydrogen-bond donors (Lipinski definition) is 1.